The molecule has 2 atom stereocenters. The zero-order chi connectivity index (χ0) is 27.7. The topological polar surface area (TPSA) is 145 Å². The van der Waals surface area contributed by atoms with Gasteiger partial charge in [0, 0.05) is 6.04 Å². The summed E-state index contributed by atoms with van der Waals surface area (Å²) >= 11 is 0. The van der Waals surface area contributed by atoms with Gasteiger partial charge in [-0.1, -0.05) is 77.3 Å². The van der Waals surface area contributed by atoms with Gasteiger partial charge < -0.3 is 10.4 Å². The van der Waals surface area contributed by atoms with E-state index in [0.29, 0.717) is 4.47 Å². The normalized spacial score (nSPS) is 13.2. The second-order valence-electron chi connectivity index (χ2n) is 8.87. The van der Waals surface area contributed by atoms with Crippen molar-refractivity contribution in [2.24, 2.45) is 0 Å². The Bertz CT molecular complexity index is 1300. The average Bonchev–Trinajstić information content (AvgIpc) is 2.90. The SMILES string of the molecule is CC(C)ON([C@H](CC(Cc1ccccc1)NC(=O)O)C(=O)NO)S(=O)(=O)c1ccc(-c2ccccc2)cc1. The van der Waals surface area contributed by atoms with E-state index in [-0.39, 0.29) is 17.7 Å². The number of nitrogens with one attached hydrogen (secondary N) is 2. The molecule has 0 bridgehead atoms. The third kappa shape index (κ3) is 7.62. The molecule has 0 aliphatic carbocycles. The molecule has 0 radical (unpaired) electrons. The number of carbonyl (C=O) groups is 2. The van der Waals surface area contributed by atoms with E-state index in [4.69, 9.17) is 4.84 Å². The standard InChI is InChI=1S/C27H31N3O7S/c1-19(2)37-30(38(35,36)24-15-13-22(14-16-24)21-11-7-4-8-12-21)25(26(31)29-34)18-23(28-27(32)33)17-20-9-5-3-6-10-20/h3-16,19,23,25,28,34H,17-18H2,1-2H3,(H,29,31)(H,32,33)/t23?,25-/m1/s1. The Kier molecular flexibility index (Phi) is 9.97. The molecular weight excluding hydrogens is 510 g/mol. The summed E-state index contributed by atoms with van der Waals surface area (Å²) in [7, 11) is -4.43. The van der Waals surface area contributed by atoms with Crippen LogP contribution in [0.5, 0.6) is 0 Å². The van der Waals surface area contributed by atoms with Crippen molar-refractivity contribution in [1.82, 2.24) is 15.3 Å². The Morgan fingerprint density at radius 2 is 1.45 bits per heavy atom. The van der Waals surface area contributed by atoms with Gasteiger partial charge in [-0.2, -0.15) is 0 Å². The number of benzene rings is 3. The van der Waals surface area contributed by atoms with Crippen LogP contribution in [0.3, 0.4) is 0 Å². The molecule has 38 heavy (non-hydrogen) atoms. The van der Waals surface area contributed by atoms with Gasteiger partial charge in [-0.05, 0) is 55.5 Å². The average molecular weight is 542 g/mol. The van der Waals surface area contributed by atoms with Crippen LogP contribution in [0.1, 0.15) is 25.8 Å². The summed E-state index contributed by atoms with van der Waals surface area (Å²) in [5, 5.41) is 21.2. The van der Waals surface area contributed by atoms with E-state index < -0.39 is 40.2 Å². The summed E-state index contributed by atoms with van der Waals surface area (Å²) in [5.41, 5.74) is 3.95. The minimum atomic E-state index is -4.43. The third-order valence-electron chi connectivity index (χ3n) is 5.64. The molecule has 2 amide bonds. The fourth-order valence-electron chi connectivity index (χ4n) is 3.96. The summed E-state index contributed by atoms with van der Waals surface area (Å²) in [4.78, 5) is 29.8. The molecule has 4 N–H and O–H groups in total. The number of sulfonamides is 1. The van der Waals surface area contributed by atoms with Crippen LogP contribution in [0.4, 0.5) is 4.79 Å². The van der Waals surface area contributed by atoms with Crippen LogP contribution >= 0.6 is 0 Å². The number of carboxylic acid groups (broad SMARTS) is 1. The van der Waals surface area contributed by atoms with E-state index in [0.717, 1.165) is 16.7 Å². The molecule has 0 fully saturated rings. The number of rotatable bonds is 12. The van der Waals surface area contributed by atoms with Gasteiger partial charge in [-0.15, -0.1) is 0 Å². The lowest BCUT2D eigenvalue weighted by Crippen LogP contribution is -2.53. The molecule has 10 nitrogen and oxygen atoms in total. The van der Waals surface area contributed by atoms with Crippen molar-refractivity contribution in [2.75, 3.05) is 0 Å². The Balaban J connectivity index is 1.98. The Morgan fingerprint density at radius 1 is 0.895 bits per heavy atom. The maximum absolute atomic E-state index is 13.7. The molecule has 3 aromatic carbocycles. The number of hydrogen-bond donors (Lipinski definition) is 4. The first-order valence-corrected chi connectivity index (χ1v) is 13.4. The van der Waals surface area contributed by atoms with Crippen molar-refractivity contribution in [3.8, 4) is 11.1 Å². The highest BCUT2D eigenvalue weighted by molar-refractivity contribution is 7.89. The van der Waals surface area contributed by atoms with Crippen LogP contribution in [0.15, 0.2) is 89.8 Å². The van der Waals surface area contributed by atoms with E-state index >= 15 is 0 Å². The highest BCUT2D eigenvalue weighted by Gasteiger charge is 2.40. The summed E-state index contributed by atoms with van der Waals surface area (Å²) < 4.78 is 28.0. The van der Waals surface area contributed by atoms with Gasteiger partial charge in [0.1, 0.15) is 6.04 Å². The van der Waals surface area contributed by atoms with E-state index in [9.17, 15) is 28.3 Å². The first-order chi connectivity index (χ1) is 18.1. The van der Waals surface area contributed by atoms with Crippen molar-refractivity contribution < 1.29 is 33.2 Å². The number of hydroxylamine groups is 2. The fourth-order valence-corrected chi connectivity index (χ4v) is 5.45. The van der Waals surface area contributed by atoms with Gasteiger partial charge >= 0.3 is 6.09 Å². The summed E-state index contributed by atoms with van der Waals surface area (Å²) in [5.74, 6) is -1.07. The summed E-state index contributed by atoms with van der Waals surface area (Å²) in [6.45, 7) is 3.18. The monoisotopic (exact) mass is 541 g/mol. The lowest BCUT2D eigenvalue weighted by atomic mass is 9.99. The maximum Gasteiger partial charge on any atom is 0.404 e. The zero-order valence-corrected chi connectivity index (χ0v) is 21.8. The molecule has 0 spiro atoms. The molecule has 0 saturated heterocycles. The largest absolute Gasteiger partial charge is 0.465 e. The lowest BCUT2D eigenvalue weighted by molar-refractivity contribution is -0.167. The van der Waals surface area contributed by atoms with Crippen LogP contribution in [0.25, 0.3) is 11.1 Å². The number of amides is 2. The maximum atomic E-state index is 13.7. The molecule has 0 aliphatic rings. The molecule has 11 heteroatoms. The van der Waals surface area contributed by atoms with Crippen molar-refractivity contribution in [2.45, 2.75) is 49.8 Å². The van der Waals surface area contributed by atoms with E-state index in [2.05, 4.69) is 5.32 Å². The second-order valence-corrected chi connectivity index (χ2v) is 10.7. The van der Waals surface area contributed by atoms with Gasteiger partial charge in [0.25, 0.3) is 15.9 Å². The number of hydrogen-bond acceptors (Lipinski definition) is 6. The predicted octanol–water partition coefficient (Wildman–Crippen LogP) is 3.83. The van der Waals surface area contributed by atoms with Crippen LogP contribution in [-0.4, -0.2) is 53.4 Å². The van der Waals surface area contributed by atoms with Crippen LogP contribution in [0.2, 0.25) is 0 Å². The molecule has 0 aromatic heterocycles. The Morgan fingerprint density at radius 3 is 1.97 bits per heavy atom. The third-order valence-corrected chi connectivity index (χ3v) is 7.32. The Hall–Kier alpha value is -3.77. The van der Waals surface area contributed by atoms with Crippen molar-refractivity contribution in [3.05, 3.63) is 90.5 Å². The van der Waals surface area contributed by atoms with Crippen molar-refractivity contribution in [1.29, 1.82) is 0 Å². The van der Waals surface area contributed by atoms with Gasteiger partial charge in [-0.25, -0.2) is 18.7 Å². The quantitative estimate of drug-likeness (QED) is 0.201. The predicted molar refractivity (Wildman–Crippen MR) is 141 cm³/mol. The van der Waals surface area contributed by atoms with Crippen molar-refractivity contribution >= 4 is 22.0 Å². The molecule has 1 unspecified atom stereocenters. The molecule has 3 rings (SSSR count). The van der Waals surface area contributed by atoms with E-state index in [1.807, 2.05) is 30.3 Å². The molecule has 202 valence electrons. The molecule has 0 aliphatic heterocycles. The second kappa shape index (κ2) is 13.2. The minimum absolute atomic E-state index is 0.139. The zero-order valence-electron chi connectivity index (χ0n) is 21.0. The smallest absolute Gasteiger partial charge is 0.404 e. The molecule has 0 heterocycles. The number of carbonyl (C=O) groups excluding carboxylic acids is 1. The lowest BCUT2D eigenvalue weighted by Gasteiger charge is -2.32. The first-order valence-electron chi connectivity index (χ1n) is 12.0. The van der Waals surface area contributed by atoms with Gasteiger partial charge in [0.15, 0.2) is 0 Å². The van der Waals surface area contributed by atoms with Gasteiger partial charge in [0.2, 0.25) is 0 Å². The van der Waals surface area contributed by atoms with E-state index in [1.165, 1.54) is 17.6 Å². The Labute approximate surface area is 221 Å². The van der Waals surface area contributed by atoms with Gasteiger partial charge in [0.05, 0.1) is 11.0 Å². The van der Waals surface area contributed by atoms with Crippen LogP contribution in [-0.2, 0) is 26.1 Å². The van der Waals surface area contributed by atoms with Gasteiger partial charge in [-0.3, -0.25) is 14.8 Å². The number of nitrogens with zero attached hydrogens (tertiary/aromatic N) is 1. The summed E-state index contributed by atoms with van der Waals surface area (Å²) in [6, 6.07) is 21.9. The highest BCUT2D eigenvalue weighted by atomic mass is 32.2. The van der Waals surface area contributed by atoms with Crippen molar-refractivity contribution in [3.63, 3.8) is 0 Å². The van der Waals surface area contributed by atoms with Crippen LogP contribution < -0.4 is 10.8 Å². The fraction of sp³-hybridized carbons (Fsp3) is 0.259. The molecule has 3 aromatic rings. The highest BCUT2D eigenvalue weighted by Crippen LogP contribution is 2.26. The van der Waals surface area contributed by atoms with E-state index in [1.54, 1.807) is 56.3 Å². The van der Waals surface area contributed by atoms with Crippen LogP contribution in [0, 0.1) is 0 Å². The summed E-state index contributed by atoms with van der Waals surface area (Å²) in [6.07, 6.45) is -2.15. The molecule has 0 saturated carbocycles. The first kappa shape index (κ1) is 28.8. The molecular formula is C27H31N3O7S. The minimum Gasteiger partial charge on any atom is -0.465 e.